The molecule has 2 unspecified atom stereocenters. The third-order valence-electron chi connectivity index (χ3n) is 10.0. The van der Waals surface area contributed by atoms with Crippen molar-refractivity contribution in [2.75, 3.05) is 7.05 Å². The fourth-order valence-corrected chi connectivity index (χ4v) is 7.70. The Morgan fingerprint density at radius 3 is 2.19 bits per heavy atom. The Kier molecular flexibility index (Phi) is 5.92. The molecule has 8 aromatic rings. The number of pyridine rings is 1. The first-order chi connectivity index (χ1) is 23.7. The molecule has 0 bridgehead atoms. The third-order valence-corrected chi connectivity index (χ3v) is 10.0. The first-order valence-electron chi connectivity index (χ1n) is 16.4. The highest BCUT2D eigenvalue weighted by atomic mass is 16.3. The molecule has 5 heteroatoms. The van der Waals surface area contributed by atoms with E-state index in [4.69, 9.17) is 9.41 Å². The summed E-state index contributed by atoms with van der Waals surface area (Å²) in [5.74, 6) is 0.822. The maximum Gasteiger partial charge on any atom is 0.228 e. The molecule has 3 heterocycles. The molecule has 0 saturated heterocycles. The lowest BCUT2D eigenvalue weighted by Crippen LogP contribution is -2.46. The van der Waals surface area contributed by atoms with Crippen LogP contribution in [0.2, 0.25) is 0 Å². The zero-order chi connectivity index (χ0) is 31.8. The van der Waals surface area contributed by atoms with Crippen LogP contribution < -0.4 is 5.32 Å². The van der Waals surface area contributed by atoms with Gasteiger partial charge in [0.1, 0.15) is 23.8 Å². The Bertz CT molecular complexity index is 2560. The monoisotopic (exact) mass is 618 g/mol. The smallest absolute Gasteiger partial charge is 0.228 e. The van der Waals surface area contributed by atoms with E-state index >= 15 is 0 Å². The molecular weight excluding hydrogens is 589 g/mol. The summed E-state index contributed by atoms with van der Waals surface area (Å²) in [6.45, 7) is 0. The number of hydrogen-bond acceptors (Lipinski definition) is 5. The standard InChI is InChI=1S/C43H30N4O/c1-47-41(28-9-3-2-4-10-28)45-40(35-23-24-44-43-39(35)34-13-5-6-16-37(34)48-43)46-42(47)29-19-17-26(18-20-29)30-21-22-31-32-14-7-11-27-12-8-15-33(38(27)32)36(31)25-30/h2-25,41-42H,1H3,(H,45,46). The number of fused-ring (bicyclic) bond motifs is 6. The van der Waals surface area contributed by atoms with Gasteiger partial charge < -0.3 is 9.73 Å². The van der Waals surface area contributed by atoms with Crippen molar-refractivity contribution in [2.24, 2.45) is 4.99 Å². The second-order valence-corrected chi connectivity index (χ2v) is 12.7. The van der Waals surface area contributed by atoms with E-state index in [1.54, 1.807) is 6.20 Å². The molecule has 48 heavy (non-hydrogen) atoms. The largest absolute Gasteiger partial charge is 0.438 e. The molecule has 1 N–H and O–H groups in total. The van der Waals surface area contributed by atoms with Crippen LogP contribution in [0.1, 0.15) is 29.0 Å². The van der Waals surface area contributed by atoms with Gasteiger partial charge in [-0.2, -0.15) is 0 Å². The van der Waals surface area contributed by atoms with Crippen LogP contribution in [0.3, 0.4) is 0 Å². The van der Waals surface area contributed by atoms with Crippen molar-refractivity contribution in [1.82, 2.24) is 15.2 Å². The summed E-state index contributed by atoms with van der Waals surface area (Å²) in [6.07, 6.45) is 1.50. The number of para-hydroxylation sites is 1. The summed E-state index contributed by atoms with van der Waals surface area (Å²) >= 11 is 0. The van der Waals surface area contributed by atoms with Gasteiger partial charge in [-0.05, 0) is 80.5 Å². The molecule has 10 rings (SSSR count). The van der Waals surface area contributed by atoms with Crippen molar-refractivity contribution >= 4 is 38.7 Å². The van der Waals surface area contributed by atoms with Crippen LogP contribution in [0.25, 0.3) is 66.2 Å². The van der Waals surface area contributed by atoms with E-state index in [9.17, 15) is 0 Å². The number of nitrogens with zero attached hydrogens (tertiary/aromatic N) is 3. The summed E-state index contributed by atoms with van der Waals surface area (Å²) < 4.78 is 6.14. The predicted octanol–water partition coefficient (Wildman–Crippen LogP) is 10.1. The fraction of sp³-hybridized carbons (Fsp3) is 0.0698. The average Bonchev–Trinajstić information content (AvgIpc) is 3.69. The molecule has 0 saturated carbocycles. The number of rotatable bonds is 4. The van der Waals surface area contributed by atoms with Gasteiger partial charge in [-0.15, -0.1) is 0 Å². The Balaban J connectivity index is 1.04. The van der Waals surface area contributed by atoms with Crippen molar-refractivity contribution in [3.05, 3.63) is 162 Å². The molecule has 0 radical (unpaired) electrons. The van der Waals surface area contributed by atoms with Crippen molar-refractivity contribution in [1.29, 1.82) is 0 Å². The Morgan fingerprint density at radius 1 is 0.604 bits per heavy atom. The lowest BCUT2D eigenvalue weighted by atomic mass is 9.96. The fourth-order valence-electron chi connectivity index (χ4n) is 7.70. The first-order valence-corrected chi connectivity index (χ1v) is 16.4. The van der Waals surface area contributed by atoms with Gasteiger partial charge in [-0.1, -0.05) is 121 Å². The summed E-state index contributed by atoms with van der Waals surface area (Å²) in [6, 6.07) is 49.7. The lowest BCUT2D eigenvalue weighted by molar-refractivity contribution is 0.152. The molecule has 1 aliphatic carbocycles. The van der Waals surface area contributed by atoms with E-state index in [-0.39, 0.29) is 12.3 Å². The van der Waals surface area contributed by atoms with Gasteiger partial charge in [0, 0.05) is 17.1 Å². The number of amidine groups is 1. The highest BCUT2D eigenvalue weighted by molar-refractivity contribution is 6.17. The average molecular weight is 619 g/mol. The van der Waals surface area contributed by atoms with Crippen LogP contribution in [-0.4, -0.2) is 22.8 Å². The van der Waals surface area contributed by atoms with E-state index in [0.29, 0.717) is 5.71 Å². The Labute approximate surface area is 277 Å². The zero-order valence-electron chi connectivity index (χ0n) is 26.3. The van der Waals surface area contributed by atoms with Crippen molar-refractivity contribution in [3.63, 3.8) is 0 Å². The van der Waals surface area contributed by atoms with Crippen molar-refractivity contribution in [2.45, 2.75) is 12.3 Å². The van der Waals surface area contributed by atoms with Crippen molar-refractivity contribution < 1.29 is 4.42 Å². The second kappa shape index (κ2) is 10.5. The van der Waals surface area contributed by atoms with E-state index in [1.165, 1.54) is 44.2 Å². The van der Waals surface area contributed by atoms with Crippen LogP contribution in [-0.2, 0) is 0 Å². The number of furan rings is 1. The molecule has 6 aromatic carbocycles. The SMILES string of the molecule is CN1C(c2ccccc2)N=C(c2ccnc3oc4ccccc4c23)NC1c1ccc(-c2ccc3c(c2)-c2cccc4cccc-3c24)cc1. The van der Waals surface area contributed by atoms with E-state index in [2.05, 4.69) is 131 Å². The molecule has 228 valence electrons. The van der Waals surface area contributed by atoms with Gasteiger partial charge in [0.25, 0.3) is 0 Å². The van der Waals surface area contributed by atoms with Crippen molar-refractivity contribution in [3.8, 4) is 33.4 Å². The highest BCUT2D eigenvalue weighted by Gasteiger charge is 2.32. The molecule has 5 nitrogen and oxygen atoms in total. The van der Waals surface area contributed by atoms with Crippen LogP contribution in [0.5, 0.6) is 0 Å². The summed E-state index contributed by atoms with van der Waals surface area (Å²) in [5, 5.41) is 8.46. The predicted molar refractivity (Wildman–Crippen MR) is 195 cm³/mol. The molecule has 1 aliphatic heterocycles. The Morgan fingerprint density at radius 2 is 1.35 bits per heavy atom. The number of aromatic nitrogens is 1. The summed E-state index contributed by atoms with van der Waals surface area (Å²) in [4.78, 5) is 12.2. The number of nitrogens with one attached hydrogen (secondary N) is 1. The molecule has 0 spiro atoms. The van der Waals surface area contributed by atoms with Crippen LogP contribution in [0.4, 0.5) is 0 Å². The second-order valence-electron chi connectivity index (χ2n) is 12.7. The molecular formula is C43H30N4O. The quantitative estimate of drug-likeness (QED) is 0.213. The normalized spacial score (nSPS) is 17.1. The maximum atomic E-state index is 6.14. The van der Waals surface area contributed by atoms with E-state index < -0.39 is 0 Å². The topological polar surface area (TPSA) is 53.7 Å². The molecule has 2 atom stereocenters. The third kappa shape index (κ3) is 4.08. The zero-order valence-corrected chi connectivity index (χ0v) is 26.3. The van der Waals surface area contributed by atoms with Crippen LogP contribution in [0.15, 0.2) is 155 Å². The minimum atomic E-state index is -0.186. The first kappa shape index (κ1) is 27.1. The number of aliphatic imine (C=N–C) groups is 1. The van der Waals surface area contributed by atoms with Gasteiger partial charge in [0.15, 0.2) is 0 Å². The molecule has 0 amide bonds. The summed E-state index contributed by atoms with van der Waals surface area (Å²) in [7, 11) is 2.14. The van der Waals surface area contributed by atoms with Gasteiger partial charge in [-0.25, -0.2) is 9.98 Å². The van der Waals surface area contributed by atoms with Crippen LogP contribution in [0, 0.1) is 0 Å². The minimum Gasteiger partial charge on any atom is -0.438 e. The van der Waals surface area contributed by atoms with Gasteiger partial charge in [-0.3, -0.25) is 4.90 Å². The van der Waals surface area contributed by atoms with E-state index in [1.807, 2.05) is 30.3 Å². The maximum absolute atomic E-state index is 6.14. The Hall–Kier alpha value is -6.04. The summed E-state index contributed by atoms with van der Waals surface area (Å²) in [5.41, 5.74) is 12.4. The number of benzene rings is 6. The van der Waals surface area contributed by atoms with Gasteiger partial charge in [0.05, 0.1) is 5.39 Å². The molecule has 2 aromatic heterocycles. The highest BCUT2D eigenvalue weighted by Crippen LogP contribution is 2.48. The van der Waals surface area contributed by atoms with Gasteiger partial charge >= 0.3 is 0 Å². The lowest BCUT2D eigenvalue weighted by Gasteiger charge is -2.39. The minimum absolute atomic E-state index is 0.120. The van der Waals surface area contributed by atoms with Gasteiger partial charge in [0.2, 0.25) is 5.71 Å². The van der Waals surface area contributed by atoms with E-state index in [0.717, 1.165) is 38.9 Å². The number of hydrogen-bond donors (Lipinski definition) is 1. The van der Waals surface area contributed by atoms with Crippen LogP contribution >= 0.6 is 0 Å². The molecule has 2 aliphatic rings. The molecule has 0 fully saturated rings.